The van der Waals surface area contributed by atoms with Gasteiger partial charge < -0.3 is 19.8 Å². The van der Waals surface area contributed by atoms with Crippen LogP contribution >= 0.6 is 22.7 Å². The number of hydrogen-bond acceptors (Lipinski definition) is 4. The number of carbonyl (C=O) groups excluding carboxylic acids is 2. The Bertz CT molecular complexity index is 2460. The highest BCUT2D eigenvalue weighted by molar-refractivity contribution is 7.16. The van der Waals surface area contributed by atoms with Crippen LogP contribution in [0.2, 0.25) is 0 Å². The number of rotatable bonds is 5. The Kier molecular flexibility index (Phi) is 5.87. The first kappa shape index (κ1) is 26.9. The topological polar surface area (TPSA) is 68.1 Å². The number of hydrogen-bond donors (Lipinski definition) is 2. The van der Waals surface area contributed by atoms with E-state index in [4.69, 9.17) is 0 Å². The zero-order chi connectivity index (χ0) is 31.1. The summed E-state index contributed by atoms with van der Waals surface area (Å²) in [4.78, 5) is 29.2. The Hall–Kier alpha value is -5.44. The van der Waals surface area contributed by atoms with Crippen molar-refractivity contribution in [1.29, 1.82) is 0 Å². The van der Waals surface area contributed by atoms with Crippen molar-refractivity contribution >= 4 is 67.7 Å². The van der Waals surface area contributed by atoms with Crippen molar-refractivity contribution in [2.24, 2.45) is 0 Å². The van der Waals surface area contributed by atoms with Gasteiger partial charge in [0.15, 0.2) is 0 Å². The quantitative estimate of drug-likeness (QED) is 0.200. The molecule has 7 aromatic rings. The normalized spacial score (nSPS) is 14.6. The van der Waals surface area contributed by atoms with Crippen LogP contribution in [0.4, 0.5) is 0 Å². The van der Waals surface area contributed by atoms with Crippen molar-refractivity contribution in [2.75, 3.05) is 0 Å². The average Bonchev–Trinajstić information content (AvgIpc) is 3.92. The van der Waals surface area contributed by atoms with E-state index in [-0.39, 0.29) is 11.8 Å². The Balaban J connectivity index is 1.25. The van der Waals surface area contributed by atoms with Crippen molar-refractivity contribution in [1.82, 2.24) is 19.8 Å². The highest BCUT2D eigenvalue weighted by atomic mass is 32.1. The van der Waals surface area contributed by atoms with E-state index in [1.165, 1.54) is 44.3 Å². The molecule has 6 heterocycles. The molecular weight excluding hydrogens is 609 g/mol. The number of carbonyl (C=O) groups is 2. The third-order valence-electron chi connectivity index (χ3n) is 9.01. The Morgan fingerprint density at radius 1 is 0.609 bits per heavy atom. The second-order valence-corrected chi connectivity index (χ2v) is 13.6. The molecule has 9 rings (SSSR count). The third-order valence-corrected chi connectivity index (χ3v) is 11.0. The second-order valence-electron chi connectivity index (χ2n) is 11.5. The molecule has 0 spiro atoms. The lowest BCUT2D eigenvalue weighted by Crippen LogP contribution is -2.20. The maximum Gasteiger partial charge on any atom is 0.258 e. The van der Waals surface area contributed by atoms with Gasteiger partial charge in [-0.05, 0) is 85.0 Å². The van der Waals surface area contributed by atoms with Crippen LogP contribution in [0.15, 0.2) is 120 Å². The predicted octanol–water partition coefficient (Wildman–Crippen LogP) is 8.36. The molecule has 0 saturated carbocycles. The van der Waals surface area contributed by atoms with E-state index in [2.05, 4.69) is 107 Å². The summed E-state index contributed by atoms with van der Waals surface area (Å²) in [5.74, 6) is -0.506. The SMILES string of the molecule is Cc1c2cc(-c3ccc(C4=C5C(=O)NC(c6cccs6)=C5C(=O)N4)s3)n(-c3ccccc3)c2c(C)c2ccn(-c3ccccc3)c12. The molecule has 0 aliphatic carbocycles. The van der Waals surface area contributed by atoms with Crippen LogP contribution in [-0.4, -0.2) is 20.9 Å². The number of benzene rings is 3. The summed E-state index contributed by atoms with van der Waals surface area (Å²) < 4.78 is 4.62. The van der Waals surface area contributed by atoms with Gasteiger partial charge in [0.25, 0.3) is 11.8 Å². The van der Waals surface area contributed by atoms with E-state index in [1.807, 2.05) is 35.7 Å². The Morgan fingerprint density at radius 3 is 1.91 bits per heavy atom. The van der Waals surface area contributed by atoms with E-state index >= 15 is 0 Å². The van der Waals surface area contributed by atoms with Crippen molar-refractivity contribution in [3.8, 4) is 21.9 Å². The summed E-state index contributed by atoms with van der Waals surface area (Å²) >= 11 is 3.08. The molecule has 2 amide bonds. The molecule has 46 heavy (non-hydrogen) atoms. The molecule has 6 nitrogen and oxygen atoms in total. The van der Waals surface area contributed by atoms with Gasteiger partial charge in [0.2, 0.25) is 0 Å². The first-order chi connectivity index (χ1) is 22.5. The molecule has 2 aliphatic heterocycles. The van der Waals surface area contributed by atoms with Crippen molar-refractivity contribution in [3.05, 3.63) is 141 Å². The van der Waals surface area contributed by atoms with E-state index in [1.54, 1.807) is 11.3 Å². The van der Waals surface area contributed by atoms with E-state index in [0.29, 0.717) is 22.5 Å². The Labute approximate surface area is 272 Å². The molecule has 2 N–H and O–H groups in total. The smallest absolute Gasteiger partial charge is 0.258 e. The summed E-state index contributed by atoms with van der Waals surface area (Å²) in [6, 6.07) is 33.3. The van der Waals surface area contributed by atoms with Gasteiger partial charge in [-0.1, -0.05) is 42.5 Å². The zero-order valence-electron chi connectivity index (χ0n) is 24.9. The largest absolute Gasteiger partial charge is 0.320 e. The Morgan fingerprint density at radius 2 is 1.24 bits per heavy atom. The summed E-state index contributed by atoms with van der Waals surface area (Å²) in [7, 11) is 0. The molecule has 0 fully saturated rings. The van der Waals surface area contributed by atoms with Gasteiger partial charge in [-0.2, -0.15) is 0 Å². The van der Waals surface area contributed by atoms with Crippen LogP contribution in [-0.2, 0) is 9.59 Å². The van der Waals surface area contributed by atoms with Crippen molar-refractivity contribution in [3.63, 3.8) is 0 Å². The minimum absolute atomic E-state index is 0.253. The van der Waals surface area contributed by atoms with E-state index in [9.17, 15) is 9.59 Å². The minimum Gasteiger partial charge on any atom is -0.320 e. The number of aryl methyl sites for hydroxylation is 2. The average molecular weight is 635 g/mol. The standard InChI is InChI=1S/C38H26N4O2S2/c1-21-25-17-18-41(23-10-5-3-6-11-23)35(25)22(2)26-20-27(42(36(21)26)24-12-7-4-8-13-24)28-15-16-30(46-28)34-32-31(37(43)40-34)33(39-38(32)44)29-14-9-19-45-29/h3-20H,1-2H3,(H,39,44)(H,40,43). The third kappa shape index (κ3) is 3.81. The van der Waals surface area contributed by atoms with Gasteiger partial charge >= 0.3 is 0 Å². The number of nitrogens with one attached hydrogen (secondary N) is 2. The van der Waals surface area contributed by atoms with Crippen LogP contribution in [0.1, 0.15) is 20.9 Å². The molecule has 3 aromatic carbocycles. The molecule has 0 atom stereocenters. The van der Waals surface area contributed by atoms with Gasteiger partial charge in [-0.3, -0.25) is 9.59 Å². The van der Waals surface area contributed by atoms with Gasteiger partial charge in [0.1, 0.15) is 0 Å². The molecule has 0 bridgehead atoms. The van der Waals surface area contributed by atoms with Gasteiger partial charge in [-0.25, -0.2) is 0 Å². The minimum atomic E-state index is -0.253. The van der Waals surface area contributed by atoms with Crippen LogP contribution in [0.3, 0.4) is 0 Å². The van der Waals surface area contributed by atoms with Crippen LogP contribution in [0.25, 0.3) is 55.1 Å². The first-order valence-corrected chi connectivity index (χ1v) is 16.7. The molecule has 0 unspecified atom stereocenters. The highest BCUT2D eigenvalue weighted by Gasteiger charge is 2.41. The van der Waals surface area contributed by atoms with Gasteiger partial charge in [0.05, 0.1) is 53.9 Å². The second kappa shape index (κ2) is 10.0. The van der Waals surface area contributed by atoms with Crippen LogP contribution < -0.4 is 10.6 Å². The lowest BCUT2D eigenvalue weighted by molar-refractivity contribution is -0.117. The molecular formula is C38H26N4O2S2. The summed E-state index contributed by atoms with van der Waals surface area (Å²) in [6.45, 7) is 4.42. The van der Waals surface area contributed by atoms with Gasteiger partial charge in [-0.15, -0.1) is 22.7 Å². The van der Waals surface area contributed by atoms with E-state index in [0.717, 1.165) is 31.7 Å². The zero-order valence-corrected chi connectivity index (χ0v) is 26.6. The van der Waals surface area contributed by atoms with Gasteiger partial charge in [0, 0.05) is 28.3 Å². The summed E-state index contributed by atoms with van der Waals surface area (Å²) in [5, 5.41) is 10.3. The van der Waals surface area contributed by atoms with E-state index < -0.39 is 0 Å². The molecule has 8 heteroatoms. The lowest BCUT2D eigenvalue weighted by atomic mass is 10.0. The maximum absolute atomic E-state index is 13.2. The number of thiophene rings is 2. The summed E-state index contributed by atoms with van der Waals surface area (Å²) in [5.41, 5.74) is 10.1. The molecule has 4 aromatic heterocycles. The summed E-state index contributed by atoms with van der Waals surface area (Å²) in [6.07, 6.45) is 2.16. The molecule has 2 aliphatic rings. The van der Waals surface area contributed by atoms with Crippen LogP contribution in [0.5, 0.6) is 0 Å². The predicted molar refractivity (Wildman–Crippen MR) is 187 cm³/mol. The van der Waals surface area contributed by atoms with Crippen molar-refractivity contribution < 1.29 is 9.59 Å². The maximum atomic E-state index is 13.2. The number of para-hydroxylation sites is 2. The monoisotopic (exact) mass is 634 g/mol. The van der Waals surface area contributed by atoms with Crippen molar-refractivity contribution in [2.45, 2.75) is 13.8 Å². The fourth-order valence-corrected chi connectivity index (χ4v) is 8.70. The van der Waals surface area contributed by atoms with Crippen LogP contribution in [0, 0.1) is 13.8 Å². The number of aromatic nitrogens is 2. The number of fused-ring (bicyclic) bond motifs is 3. The fraction of sp³-hybridized carbons (Fsp3) is 0.0526. The number of amides is 2. The lowest BCUT2D eigenvalue weighted by Gasteiger charge is -2.14. The fourth-order valence-electron chi connectivity index (χ4n) is 6.95. The number of nitrogens with zero attached hydrogens (tertiary/aromatic N) is 2. The molecule has 222 valence electrons. The molecule has 0 radical (unpaired) electrons. The molecule has 0 saturated heterocycles. The first-order valence-electron chi connectivity index (χ1n) is 15.0. The highest BCUT2D eigenvalue weighted by Crippen LogP contribution is 2.44.